The van der Waals surface area contributed by atoms with Gasteiger partial charge in [0.15, 0.2) is 5.16 Å². The molecule has 0 aliphatic heterocycles. The zero-order valence-corrected chi connectivity index (χ0v) is 9.79. The van der Waals surface area contributed by atoms with Gasteiger partial charge >= 0.3 is 0 Å². The minimum Gasteiger partial charge on any atom is -0.366 e. The van der Waals surface area contributed by atoms with Crippen molar-refractivity contribution in [2.75, 3.05) is 18.1 Å². The average Bonchev–Trinajstić information content (AvgIpc) is 2.34. The predicted octanol–water partition coefficient (Wildman–Crippen LogP) is 2.33. The molecule has 0 radical (unpaired) electrons. The van der Waals surface area contributed by atoms with E-state index in [0.717, 1.165) is 5.56 Å². The Morgan fingerprint density at radius 3 is 3.12 bits per heavy atom. The minimum absolute atomic E-state index is 0.623. The number of nitrogens with one attached hydrogen (secondary N) is 1. The number of allylic oxidation sites excluding steroid dienone is 1. The van der Waals surface area contributed by atoms with Crippen molar-refractivity contribution in [3.8, 4) is 6.07 Å². The average molecular weight is 232 g/mol. The minimum atomic E-state index is 0.623. The van der Waals surface area contributed by atoms with Crippen molar-refractivity contribution in [1.82, 2.24) is 9.97 Å². The van der Waals surface area contributed by atoms with E-state index in [1.54, 1.807) is 18.3 Å². The van der Waals surface area contributed by atoms with Crippen LogP contribution >= 0.6 is 11.8 Å². The molecule has 0 unspecified atom stereocenters. The molecule has 1 heterocycles. The fraction of sp³-hybridized carbons (Fsp3) is 0.182. The third-order valence-corrected chi connectivity index (χ3v) is 2.29. The van der Waals surface area contributed by atoms with E-state index < -0.39 is 0 Å². The van der Waals surface area contributed by atoms with Crippen LogP contribution in [0.3, 0.4) is 0 Å². The summed E-state index contributed by atoms with van der Waals surface area (Å²) in [5.41, 5.74) is 0.793. The molecule has 0 aromatic carbocycles. The van der Waals surface area contributed by atoms with Gasteiger partial charge in [-0.25, -0.2) is 9.97 Å². The lowest BCUT2D eigenvalue weighted by molar-refractivity contribution is 0.963. The number of hydrogen-bond acceptors (Lipinski definition) is 5. The number of thioether (sulfide) groups is 1. The maximum Gasteiger partial charge on any atom is 0.189 e. The summed E-state index contributed by atoms with van der Waals surface area (Å²) in [4.78, 5) is 8.46. The van der Waals surface area contributed by atoms with Crippen LogP contribution in [0.15, 0.2) is 30.1 Å². The second-order valence-corrected chi connectivity index (χ2v) is 3.57. The van der Waals surface area contributed by atoms with E-state index in [2.05, 4.69) is 21.9 Å². The topological polar surface area (TPSA) is 61.6 Å². The smallest absolute Gasteiger partial charge is 0.189 e. The summed E-state index contributed by atoms with van der Waals surface area (Å²) >= 11 is 1.47. The molecule has 0 aliphatic rings. The van der Waals surface area contributed by atoms with Crippen LogP contribution < -0.4 is 5.32 Å². The number of aromatic nitrogens is 2. The normalized spacial score (nSPS) is 10.0. The summed E-state index contributed by atoms with van der Waals surface area (Å²) in [5.74, 6) is 0.714. The molecule has 5 heteroatoms. The molecule has 0 saturated heterocycles. The van der Waals surface area contributed by atoms with Crippen LogP contribution in [-0.2, 0) is 0 Å². The zero-order valence-electron chi connectivity index (χ0n) is 8.97. The van der Waals surface area contributed by atoms with Gasteiger partial charge in [0.25, 0.3) is 0 Å². The SMILES string of the molecule is C=CCNc1nc(SC)ncc1/C=C/C#N. The van der Waals surface area contributed by atoms with E-state index in [1.807, 2.05) is 12.3 Å². The van der Waals surface area contributed by atoms with Crippen molar-refractivity contribution < 1.29 is 0 Å². The Morgan fingerprint density at radius 1 is 1.69 bits per heavy atom. The first-order valence-corrected chi connectivity index (χ1v) is 5.86. The molecule has 0 atom stereocenters. The number of hydrogen-bond donors (Lipinski definition) is 1. The molecular formula is C11H12N4S. The zero-order chi connectivity index (χ0) is 11.8. The van der Waals surface area contributed by atoms with Crippen LogP contribution in [0.5, 0.6) is 0 Å². The lowest BCUT2D eigenvalue weighted by atomic mass is 10.3. The van der Waals surface area contributed by atoms with Gasteiger partial charge in [-0.3, -0.25) is 0 Å². The van der Waals surface area contributed by atoms with Crippen molar-refractivity contribution in [2.45, 2.75) is 5.16 Å². The van der Waals surface area contributed by atoms with Gasteiger partial charge in [0.05, 0.1) is 6.07 Å². The van der Waals surface area contributed by atoms with E-state index in [1.165, 1.54) is 17.8 Å². The predicted molar refractivity (Wildman–Crippen MR) is 67.1 cm³/mol. The highest BCUT2D eigenvalue weighted by Crippen LogP contribution is 2.17. The second-order valence-electron chi connectivity index (χ2n) is 2.79. The molecule has 1 aromatic heterocycles. The summed E-state index contributed by atoms with van der Waals surface area (Å²) in [6.07, 6.45) is 8.43. The molecule has 16 heavy (non-hydrogen) atoms. The van der Waals surface area contributed by atoms with Crippen LogP contribution in [0.1, 0.15) is 5.56 Å². The monoisotopic (exact) mass is 232 g/mol. The van der Waals surface area contributed by atoms with Crippen LogP contribution in [0.2, 0.25) is 0 Å². The van der Waals surface area contributed by atoms with Gasteiger partial charge in [0.1, 0.15) is 5.82 Å². The third-order valence-electron chi connectivity index (χ3n) is 1.73. The Labute approximate surface area is 99.1 Å². The second kappa shape index (κ2) is 6.64. The van der Waals surface area contributed by atoms with E-state index >= 15 is 0 Å². The first-order valence-electron chi connectivity index (χ1n) is 4.63. The standard InChI is InChI=1S/C11H12N4S/c1-3-7-13-10-9(5-4-6-12)8-14-11(15-10)16-2/h3-5,8H,1,7H2,2H3,(H,13,14,15)/b5-4+. The van der Waals surface area contributed by atoms with E-state index in [9.17, 15) is 0 Å². The summed E-state index contributed by atoms with van der Waals surface area (Å²) < 4.78 is 0. The number of rotatable bonds is 5. The van der Waals surface area contributed by atoms with Crippen LogP contribution in [-0.4, -0.2) is 22.8 Å². The molecule has 0 spiro atoms. The maximum atomic E-state index is 8.48. The van der Waals surface area contributed by atoms with Crippen molar-refractivity contribution in [3.05, 3.63) is 30.5 Å². The summed E-state index contributed by atoms with van der Waals surface area (Å²) in [7, 11) is 0. The molecule has 82 valence electrons. The molecule has 0 fully saturated rings. The fourth-order valence-electron chi connectivity index (χ4n) is 1.03. The quantitative estimate of drug-likeness (QED) is 0.365. The molecule has 0 aliphatic carbocycles. The summed E-state index contributed by atoms with van der Waals surface area (Å²) in [5, 5.41) is 12.3. The van der Waals surface area contributed by atoms with E-state index in [4.69, 9.17) is 5.26 Å². The van der Waals surface area contributed by atoms with Crippen molar-refractivity contribution in [2.24, 2.45) is 0 Å². The van der Waals surface area contributed by atoms with Crippen molar-refractivity contribution in [1.29, 1.82) is 5.26 Å². The van der Waals surface area contributed by atoms with Gasteiger partial charge < -0.3 is 5.32 Å². The first-order chi connectivity index (χ1) is 7.81. The molecule has 0 saturated carbocycles. The number of nitrogens with zero attached hydrogens (tertiary/aromatic N) is 3. The van der Waals surface area contributed by atoms with Crippen LogP contribution in [0.25, 0.3) is 6.08 Å². The maximum absolute atomic E-state index is 8.48. The summed E-state index contributed by atoms with van der Waals surface area (Å²) in [6, 6.07) is 1.94. The Hall–Kier alpha value is -1.80. The summed E-state index contributed by atoms with van der Waals surface area (Å²) in [6.45, 7) is 4.25. The Kier molecular flexibility index (Phi) is 5.09. The lowest BCUT2D eigenvalue weighted by Crippen LogP contribution is -2.04. The fourth-order valence-corrected chi connectivity index (χ4v) is 1.37. The first kappa shape index (κ1) is 12.3. The van der Waals surface area contributed by atoms with Gasteiger partial charge in [-0.15, -0.1) is 6.58 Å². The van der Waals surface area contributed by atoms with Crippen molar-refractivity contribution >= 4 is 23.7 Å². The van der Waals surface area contributed by atoms with Crippen LogP contribution in [0, 0.1) is 11.3 Å². The van der Waals surface area contributed by atoms with Gasteiger partial charge in [-0.05, 0) is 12.3 Å². The Bertz CT molecular complexity index is 434. The molecule has 1 aromatic rings. The van der Waals surface area contributed by atoms with Gasteiger partial charge in [0.2, 0.25) is 0 Å². The number of nitriles is 1. The van der Waals surface area contributed by atoms with Gasteiger partial charge in [-0.1, -0.05) is 17.8 Å². The number of anilines is 1. The largest absolute Gasteiger partial charge is 0.366 e. The molecule has 0 amide bonds. The molecular weight excluding hydrogens is 220 g/mol. The van der Waals surface area contributed by atoms with E-state index in [-0.39, 0.29) is 0 Å². The lowest BCUT2D eigenvalue weighted by Gasteiger charge is -2.07. The van der Waals surface area contributed by atoms with Crippen LogP contribution in [0.4, 0.5) is 5.82 Å². The highest BCUT2D eigenvalue weighted by atomic mass is 32.2. The molecule has 1 rings (SSSR count). The van der Waals surface area contributed by atoms with Crippen molar-refractivity contribution in [3.63, 3.8) is 0 Å². The van der Waals surface area contributed by atoms with Gasteiger partial charge in [0, 0.05) is 24.4 Å². The highest BCUT2D eigenvalue weighted by molar-refractivity contribution is 7.98. The molecule has 4 nitrogen and oxygen atoms in total. The Morgan fingerprint density at radius 2 is 2.50 bits per heavy atom. The highest BCUT2D eigenvalue weighted by Gasteiger charge is 2.03. The molecule has 0 bridgehead atoms. The Balaban J connectivity index is 3.01. The third kappa shape index (κ3) is 3.41. The molecule has 1 N–H and O–H groups in total. The van der Waals surface area contributed by atoms with E-state index in [0.29, 0.717) is 17.5 Å². The van der Waals surface area contributed by atoms with Gasteiger partial charge in [-0.2, -0.15) is 5.26 Å².